The predicted molar refractivity (Wildman–Crippen MR) is 88.8 cm³/mol. The van der Waals surface area contributed by atoms with Gasteiger partial charge in [0.25, 0.3) is 5.91 Å². The predicted octanol–water partition coefficient (Wildman–Crippen LogP) is 2.20. The summed E-state index contributed by atoms with van der Waals surface area (Å²) in [5.74, 6) is 0.404. The summed E-state index contributed by atoms with van der Waals surface area (Å²) in [6.45, 7) is 2.55. The van der Waals surface area contributed by atoms with Gasteiger partial charge in [-0.2, -0.15) is 0 Å². The SMILES string of the molecule is COCC1=CN(C(=O)C2(C)CCC2)Cc2ccc(C(=O)NO)cc2O1. The van der Waals surface area contributed by atoms with E-state index in [0.29, 0.717) is 18.1 Å². The van der Waals surface area contributed by atoms with E-state index < -0.39 is 5.91 Å². The summed E-state index contributed by atoms with van der Waals surface area (Å²) >= 11 is 0. The molecule has 1 heterocycles. The number of benzene rings is 1. The number of carbonyl (C=O) groups is 2. The van der Waals surface area contributed by atoms with Crippen LogP contribution < -0.4 is 10.2 Å². The number of methoxy groups -OCH3 is 1. The van der Waals surface area contributed by atoms with Crippen molar-refractivity contribution < 1.29 is 24.3 Å². The molecule has 2 amide bonds. The van der Waals surface area contributed by atoms with Gasteiger partial charge in [-0.25, -0.2) is 5.48 Å². The highest BCUT2D eigenvalue weighted by Gasteiger charge is 2.42. The summed E-state index contributed by atoms with van der Waals surface area (Å²) in [5.41, 5.74) is 2.33. The smallest absolute Gasteiger partial charge is 0.274 e. The maximum Gasteiger partial charge on any atom is 0.274 e. The Morgan fingerprint density at radius 3 is 2.76 bits per heavy atom. The molecule has 1 aromatic rings. The summed E-state index contributed by atoms with van der Waals surface area (Å²) in [6, 6.07) is 4.86. The number of amides is 2. The summed E-state index contributed by atoms with van der Waals surface area (Å²) in [5, 5.41) is 8.80. The number of fused-ring (bicyclic) bond motifs is 1. The second kappa shape index (κ2) is 6.85. The fourth-order valence-electron chi connectivity index (χ4n) is 3.16. The number of rotatable bonds is 4. The normalized spacial score (nSPS) is 18.2. The van der Waals surface area contributed by atoms with Gasteiger partial charge in [0.1, 0.15) is 18.1 Å². The summed E-state index contributed by atoms with van der Waals surface area (Å²) in [4.78, 5) is 26.2. The van der Waals surface area contributed by atoms with Gasteiger partial charge in [-0.1, -0.05) is 19.4 Å². The van der Waals surface area contributed by atoms with Gasteiger partial charge in [0, 0.05) is 29.9 Å². The molecule has 7 nitrogen and oxygen atoms in total. The molecule has 0 atom stereocenters. The first-order valence-electron chi connectivity index (χ1n) is 8.23. The Hall–Kier alpha value is -2.38. The molecule has 1 aliphatic carbocycles. The van der Waals surface area contributed by atoms with Crippen molar-refractivity contribution >= 4 is 11.8 Å². The minimum atomic E-state index is -0.622. The number of carbonyl (C=O) groups excluding carboxylic acids is 2. The molecular formula is C18H22N2O5. The third-order valence-corrected chi connectivity index (χ3v) is 4.83. The van der Waals surface area contributed by atoms with Crippen LogP contribution in [0.4, 0.5) is 0 Å². The Balaban J connectivity index is 1.94. The quantitative estimate of drug-likeness (QED) is 0.645. The van der Waals surface area contributed by atoms with Crippen molar-refractivity contribution in [2.45, 2.75) is 32.7 Å². The van der Waals surface area contributed by atoms with Crippen molar-refractivity contribution in [3.05, 3.63) is 41.3 Å². The fraction of sp³-hybridized carbons (Fsp3) is 0.444. The zero-order valence-corrected chi connectivity index (χ0v) is 14.4. The van der Waals surface area contributed by atoms with Gasteiger partial charge in [-0.15, -0.1) is 0 Å². The molecule has 7 heteroatoms. The molecule has 1 fully saturated rings. The van der Waals surface area contributed by atoms with Crippen LogP contribution in [0.1, 0.15) is 42.1 Å². The van der Waals surface area contributed by atoms with E-state index in [9.17, 15) is 9.59 Å². The summed E-state index contributed by atoms with van der Waals surface area (Å²) in [6.07, 6.45) is 4.52. The van der Waals surface area contributed by atoms with Crippen LogP contribution in [0, 0.1) is 5.41 Å². The lowest BCUT2D eigenvalue weighted by atomic mass is 9.69. The van der Waals surface area contributed by atoms with E-state index in [1.807, 2.05) is 6.92 Å². The second-order valence-corrected chi connectivity index (χ2v) is 6.74. The lowest BCUT2D eigenvalue weighted by Crippen LogP contribution is -2.43. The van der Waals surface area contributed by atoms with Gasteiger partial charge in [0.15, 0.2) is 0 Å². The Labute approximate surface area is 146 Å². The van der Waals surface area contributed by atoms with Crippen molar-refractivity contribution in [1.82, 2.24) is 10.4 Å². The molecule has 25 heavy (non-hydrogen) atoms. The van der Waals surface area contributed by atoms with E-state index in [1.165, 1.54) is 0 Å². The Morgan fingerprint density at radius 2 is 2.16 bits per heavy atom. The van der Waals surface area contributed by atoms with Crippen molar-refractivity contribution in [3.63, 3.8) is 0 Å². The molecule has 1 aromatic carbocycles. The zero-order valence-electron chi connectivity index (χ0n) is 14.4. The van der Waals surface area contributed by atoms with Gasteiger partial charge in [-0.3, -0.25) is 14.8 Å². The van der Waals surface area contributed by atoms with Gasteiger partial charge in [0.2, 0.25) is 5.91 Å². The van der Waals surface area contributed by atoms with Gasteiger partial charge in [-0.05, 0) is 25.0 Å². The van der Waals surface area contributed by atoms with Crippen LogP contribution in [0.2, 0.25) is 0 Å². The van der Waals surface area contributed by atoms with Crippen LogP contribution in [-0.4, -0.2) is 35.6 Å². The molecule has 2 aliphatic rings. The van der Waals surface area contributed by atoms with Crippen LogP contribution in [0.15, 0.2) is 30.2 Å². The molecule has 0 aromatic heterocycles. The highest BCUT2D eigenvalue weighted by atomic mass is 16.5. The van der Waals surface area contributed by atoms with Crippen LogP contribution >= 0.6 is 0 Å². The van der Waals surface area contributed by atoms with Gasteiger partial charge >= 0.3 is 0 Å². The van der Waals surface area contributed by atoms with E-state index in [0.717, 1.165) is 24.8 Å². The van der Waals surface area contributed by atoms with Crippen molar-refractivity contribution in [1.29, 1.82) is 0 Å². The van der Waals surface area contributed by atoms with Crippen molar-refractivity contribution in [2.24, 2.45) is 5.41 Å². The summed E-state index contributed by atoms with van der Waals surface area (Å²) in [7, 11) is 1.55. The van der Waals surface area contributed by atoms with Gasteiger partial charge in [0.05, 0.1) is 6.54 Å². The molecular weight excluding hydrogens is 324 g/mol. The Morgan fingerprint density at radius 1 is 1.40 bits per heavy atom. The standard InChI is InChI=1S/C18H22N2O5/c1-18(6-3-7-18)17(22)20-9-13-5-4-12(16(21)19-23)8-15(13)25-14(10-20)11-24-2/h4-5,8,10,23H,3,6-7,9,11H2,1-2H3,(H,19,21). The lowest BCUT2D eigenvalue weighted by molar-refractivity contribution is -0.143. The monoisotopic (exact) mass is 346 g/mol. The molecule has 1 aliphatic heterocycles. The first-order chi connectivity index (χ1) is 12.0. The second-order valence-electron chi connectivity index (χ2n) is 6.74. The number of hydrogen-bond donors (Lipinski definition) is 2. The number of ether oxygens (including phenoxy) is 2. The van der Waals surface area contributed by atoms with Crippen LogP contribution in [-0.2, 0) is 16.1 Å². The number of hydroxylamine groups is 1. The number of hydrogen-bond acceptors (Lipinski definition) is 5. The first-order valence-corrected chi connectivity index (χ1v) is 8.23. The largest absolute Gasteiger partial charge is 0.457 e. The average Bonchev–Trinajstić information content (AvgIpc) is 2.76. The highest BCUT2D eigenvalue weighted by Crippen LogP contribution is 2.43. The van der Waals surface area contributed by atoms with E-state index in [-0.39, 0.29) is 23.5 Å². The van der Waals surface area contributed by atoms with Crippen LogP contribution in [0.3, 0.4) is 0 Å². The molecule has 0 spiro atoms. The van der Waals surface area contributed by atoms with Crippen molar-refractivity contribution in [2.75, 3.05) is 13.7 Å². The molecule has 0 saturated heterocycles. The van der Waals surface area contributed by atoms with Crippen LogP contribution in [0.5, 0.6) is 5.75 Å². The molecule has 0 radical (unpaired) electrons. The molecule has 0 bridgehead atoms. The molecule has 0 unspecified atom stereocenters. The highest BCUT2D eigenvalue weighted by molar-refractivity contribution is 5.94. The Kier molecular flexibility index (Phi) is 4.78. The molecule has 2 N–H and O–H groups in total. The third-order valence-electron chi connectivity index (χ3n) is 4.83. The first kappa shape index (κ1) is 17.4. The van der Waals surface area contributed by atoms with E-state index >= 15 is 0 Å². The molecule has 1 saturated carbocycles. The Bertz CT molecular complexity index is 724. The average molecular weight is 346 g/mol. The van der Waals surface area contributed by atoms with E-state index in [2.05, 4.69) is 0 Å². The maximum atomic E-state index is 12.9. The maximum absolute atomic E-state index is 12.9. The fourth-order valence-corrected chi connectivity index (χ4v) is 3.16. The number of nitrogens with one attached hydrogen (secondary N) is 1. The third kappa shape index (κ3) is 3.38. The molecule has 134 valence electrons. The van der Waals surface area contributed by atoms with Gasteiger partial charge < -0.3 is 14.4 Å². The van der Waals surface area contributed by atoms with E-state index in [4.69, 9.17) is 14.7 Å². The number of nitrogens with zero attached hydrogens (tertiary/aromatic N) is 1. The lowest BCUT2D eigenvalue weighted by Gasteiger charge is -2.39. The zero-order chi connectivity index (χ0) is 18.0. The minimum absolute atomic E-state index is 0.0704. The van der Waals surface area contributed by atoms with Crippen molar-refractivity contribution in [3.8, 4) is 5.75 Å². The topological polar surface area (TPSA) is 88.1 Å². The molecule has 3 rings (SSSR count). The van der Waals surface area contributed by atoms with Crippen LogP contribution in [0.25, 0.3) is 0 Å². The summed E-state index contributed by atoms with van der Waals surface area (Å²) < 4.78 is 11.0. The minimum Gasteiger partial charge on any atom is -0.457 e. The van der Waals surface area contributed by atoms with E-state index in [1.54, 1.807) is 41.9 Å².